The molecule has 2 rings (SSSR count). The number of hydrogen-bond donors (Lipinski definition) is 1. The second-order valence-electron chi connectivity index (χ2n) is 3.13. The van der Waals surface area contributed by atoms with E-state index in [1.807, 2.05) is 36.4 Å². The van der Waals surface area contributed by atoms with Gasteiger partial charge >= 0.3 is 0 Å². The minimum absolute atomic E-state index is 0.657. The fourth-order valence-corrected chi connectivity index (χ4v) is 1.49. The summed E-state index contributed by atoms with van der Waals surface area (Å²) < 4.78 is 0. The lowest BCUT2D eigenvalue weighted by atomic mass is 10.0. The molecule has 0 fully saturated rings. The molecule has 0 amide bonds. The molecule has 0 bridgehead atoms. The van der Waals surface area contributed by atoms with Crippen LogP contribution in [0.15, 0.2) is 42.6 Å². The molecule has 0 radical (unpaired) electrons. The van der Waals surface area contributed by atoms with E-state index in [1.54, 1.807) is 6.20 Å². The smallest absolute Gasteiger partial charge is 0.0735 e. The van der Waals surface area contributed by atoms with Crippen LogP contribution < -0.4 is 5.73 Å². The lowest BCUT2D eigenvalue weighted by molar-refractivity contribution is 1.32. The molecule has 1 heterocycles. The van der Waals surface area contributed by atoms with Gasteiger partial charge in [-0.25, -0.2) is 0 Å². The number of anilines is 1. The molecule has 2 aromatic rings. The molecule has 0 spiro atoms. The van der Waals surface area contributed by atoms with Crippen molar-refractivity contribution in [3.63, 3.8) is 0 Å². The maximum Gasteiger partial charge on any atom is 0.0735 e. The summed E-state index contributed by atoms with van der Waals surface area (Å²) >= 11 is 0. The second kappa shape index (κ2) is 3.85. The van der Waals surface area contributed by atoms with Crippen LogP contribution in [0.1, 0.15) is 5.56 Å². The number of terminal acetylenes is 1. The summed E-state index contributed by atoms with van der Waals surface area (Å²) in [5.41, 5.74) is 8.96. The molecule has 2 nitrogen and oxygen atoms in total. The minimum atomic E-state index is 0.657. The molecule has 0 aliphatic rings. The van der Waals surface area contributed by atoms with Crippen LogP contribution in [-0.2, 0) is 0 Å². The maximum absolute atomic E-state index is 5.89. The average Bonchev–Trinajstić information content (AvgIpc) is 2.29. The SMILES string of the molecule is C#Cc1cccc(N)c1-c1ccccn1. The van der Waals surface area contributed by atoms with Crippen LogP contribution in [0.4, 0.5) is 5.69 Å². The van der Waals surface area contributed by atoms with Crippen LogP contribution in [0, 0.1) is 12.3 Å². The molecule has 2 heteroatoms. The zero-order valence-corrected chi connectivity index (χ0v) is 8.14. The molecule has 0 aliphatic carbocycles. The Morgan fingerprint density at radius 2 is 2.00 bits per heavy atom. The highest BCUT2D eigenvalue weighted by molar-refractivity contribution is 5.79. The quantitative estimate of drug-likeness (QED) is 0.559. The molecular weight excluding hydrogens is 184 g/mol. The predicted octanol–water partition coefficient (Wildman–Crippen LogP) is 2.31. The van der Waals surface area contributed by atoms with Gasteiger partial charge in [-0.2, -0.15) is 0 Å². The maximum atomic E-state index is 5.89. The van der Waals surface area contributed by atoms with Gasteiger partial charge in [0.1, 0.15) is 0 Å². The van der Waals surface area contributed by atoms with Crippen LogP contribution in [-0.4, -0.2) is 4.98 Å². The second-order valence-corrected chi connectivity index (χ2v) is 3.13. The fraction of sp³-hybridized carbons (Fsp3) is 0. The minimum Gasteiger partial charge on any atom is -0.398 e. The highest BCUT2D eigenvalue weighted by Crippen LogP contribution is 2.27. The monoisotopic (exact) mass is 194 g/mol. The van der Waals surface area contributed by atoms with Gasteiger partial charge in [-0.15, -0.1) is 6.42 Å². The van der Waals surface area contributed by atoms with Gasteiger partial charge in [0, 0.05) is 23.0 Å². The lowest BCUT2D eigenvalue weighted by Crippen LogP contribution is -1.94. The zero-order chi connectivity index (χ0) is 10.7. The van der Waals surface area contributed by atoms with E-state index < -0.39 is 0 Å². The summed E-state index contributed by atoms with van der Waals surface area (Å²) in [4.78, 5) is 4.24. The van der Waals surface area contributed by atoms with E-state index in [4.69, 9.17) is 12.2 Å². The van der Waals surface area contributed by atoms with Crippen molar-refractivity contribution >= 4 is 5.69 Å². The first-order chi connectivity index (χ1) is 7.33. The third-order valence-corrected chi connectivity index (χ3v) is 2.17. The van der Waals surface area contributed by atoms with Gasteiger partial charge in [0.15, 0.2) is 0 Å². The van der Waals surface area contributed by atoms with Gasteiger partial charge in [-0.05, 0) is 24.3 Å². The van der Waals surface area contributed by atoms with Crippen LogP contribution in [0.2, 0.25) is 0 Å². The van der Waals surface area contributed by atoms with Crippen molar-refractivity contribution in [2.45, 2.75) is 0 Å². The van der Waals surface area contributed by atoms with Gasteiger partial charge in [0.25, 0.3) is 0 Å². The van der Waals surface area contributed by atoms with E-state index in [0.29, 0.717) is 5.69 Å². The number of hydrogen-bond acceptors (Lipinski definition) is 2. The van der Waals surface area contributed by atoms with Crippen molar-refractivity contribution in [2.24, 2.45) is 0 Å². The first kappa shape index (κ1) is 9.29. The first-order valence-corrected chi connectivity index (χ1v) is 4.59. The highest BCUT2D eigenvalue weighted by atomic mass is 14.7. The number of benzene rings is 1. The molecule has 1 aromatic heterocycles. The van der Waals surface area contributed by atoms with Gasteiger partial charge in [-0.1, -0.05) is 18.1 Å². The molecule has 0 atom stereocenters. The normalized spacial score (nSPS) is 9.53. The topological polar surface area (TPSA) is 38.9 Å². The predicted molar refractivity (Wildman–Crippen MR) is 62.0 cm³/mol. The van der Waals surface area contributed by atoms with Gasteiger partial charge in [-0.3, -0.25) is 4.98 Å². The number of rotatable bonds is 1. The van der Waals surface area contributed by atoms with Crippen molar-refractivity contribution in [2.75, 3.05) is 5.73 Å². The average molecular weight is 194 g/mol. The van der Waals surface area contributed by atoms with Gasteiger partial charge < -0.3 is 5.73 Å². The summed E-state index contributed by atoms with van der Waals surface area (Å²) in [7, 11) is 0. The number of pyridine rings is 1. The molecule has 0 saturated heterocycles. The Hall–Kier alpha value is -2.27. The molecule has 15 heavy (non-hydrogen) atoms. The summed E-state index contributed by atoms with van der Waals surface area (Å²) in [6, 6.07) is 11.2. The van der Waals surface area contributed by atoms with Crippen LogP contribution in [0.25, 0.3) is 11.3 Å². The van der Waals surface area contributed by atoms with Crippen LogP contribution in [0.3, 0.4) is 0 Å². The third-order valence-electron chi connectivity index (χ3n) is 2.17. The van der Waals surface area contributed by atoms with E-state index in [0.717, 1.165) is 16.8 Å². The van der Waals surface area contributed by atoms with Gasteiger partial charge in [0.2, 0.25) is 0 Å². The van der Waals surface area contributed by atoms with Crippen molar-refractivity contribution in [1.29, 1.82) is 0 Å². The summed E-state index contributed by atoms with van der Waals surface area (Å²) in [6.07, 6.45) is 7.15. The summed E-state index contributed by atoms with van der Waals surface area (Å²) in [5.74, 6) is 2.61. The molecule has 0 aliphatic heterocycles. The number of nitrogens with two attached hydrogens (primary N) is 1. The number of aromatic nitrogens is 1. The Kier molecular flexibility index (Phi) is 2.38. The van der Waals surface area contributed by atoms with Crippen LogP contribution >= 0.6 is 0 Å². The Morgan fingerprint density at radius 3 is 2.67 bits per heavy atom. The van der Waals surface area contributed by atoms with Crippen molar-refractivity contribution in [1.82, 2.24) is 4.98 Å². The van der Waals surface area contributed by atoms with E-state index in [9.17, 15) is 0 Å². The molecule has 72 valence electrons. The molecule has 0 unspecified atom stereocenters. The van der Waals surface area contributed by atoms with E-state index in [1.165, 1.54) is 0 Å². The molecule has 0 saturated carbocycles. The lowest BCUT2D eigenvalue weighted by Gasteiger charge is -2.07. The largest absolute Gasteiger partial charge is 0.398 e. The Labute approximate surface area is 88.8 Å². The van der Waals surface area contributed by atoms with E-state index in [2.05, 4.69) is 10.9 Å². The molecule has 2 N–H and O–H groups in total. The zero-order valence-electron chi connectivity index (χ0n) is 8.14. The van der Waals surface area contributed by atoms with Crippen LogP contribution in [0.5, 0.6) is 0 Å². The Balaban J connectivity index is 2.68. The fourth-order valence-electron chi connectivity index (χ4n) is 1.49. The number of nitrogen functional groups attached to an aromatic ring is 1. The number of nitrogens with zero attached hydrogens (tertiary/aromatic N) is 1. The van der Waals surface area contributed by atoms with E-state index in [-0.39, 0.29) is 0 Å². The Bertz CT molecular complexity index is 510. The van der Waals surface area contributed by atoms with Gasteiger partial charge in [0.05, 0.1) is 5.69 Å². The third kappa shape index (κ3) is 1.68. The van der Waals surface area contributed by atoms with Crippen molar-refractivity contribution < 1.29 is 0 Å². The van der Waals surface area contributed by atoms with Crippen molar-refractivity contribution in [3.05, 3.63) is 48.2 Å². The molecular formula is C13H10N2. The summed E-state index contributed by atoms with van der Waals surface area (Å²) in [6.45, 7) is 0. The highest BCUT2D eigenvalue weighted by Gasteiger charge is 2.07. The van der Waals surface area contributed by atoms with E-state index >= 15 is 0 Å². The molecule has 1 aromatic carbocycles. The van der Waals surface area contributed by atoms with Crippen molar-refractivity contribution in [3.8, 4) is 23.6 Å². The summed E-state index contributed by atoms with van der Waals surface area (Å²) in [5, 5.41) is 0. The first-order valence-electron chi connectivity index (χ1n) is 4.59. The standard InChI is InChI=1S/C13H10N2/c1-2-10-6-5-7-11(14)13(10)12-8-3-4-9-15-12/h1,3-9H,14H2. The Morgan fingerprint density at radius 1 is 1.13 bits per heavy atom.